The summed E-state index contributed by atoms with van der Waals surface area (Å²) in [6.45, 7) is 3.90. The van der Waals surface area contributed by atoms with Gasteiger partial charge in [0.25, 0.3) is 6.47 Å². The van der Waals surface area contributed by atoms with Gasteiger partial charge in [0.05, 0.1) is 5.69 Å². The average molecular weight is 209 g/mol. The van der Waals surface area contributed by atoms with Crippen molar-refractivity contribution in [2.24, 2.45) is 4.99 Å². The fraction of sp³-hybridized carbons (Fsp3) is 0.273. The van der Waals surface area contributed by atoms with Crippen LogP contribution in [0.15, 0.2) is 23.2 Å². The SMILES string of the molecule is CCC(=Nc1ccc(F)cc1C)OC=O. The zero-order valence-electron chi connectivity index (χ0n) is 8.66. The number of aryl methyl sites for hydroxylation is 1. The van der Waals surface area contributed by atoms with Crippen LogP contribution in [0, 0.1) is 12.7 Å². The van der Waals surface area contributed by atoms with Gasteiger partial charge in [-0.3, -0.25) is 4.79 Å². The molecule has 0 aliphatic carbocycles. The molecule has 0 N–H and O–H groups in total. The molecule has 0 radical (unpaired) electrons. The first kappa shape index (κ1) is 11.4. The minimum absolute atomic E-state index is 0.305. The quantitative estimate of drug-likeness (QED) is 0.436. The van der Waals surface area contributed by atoms with Gasteiger partial charge in [0.15, 0.2) is 5.90 Å². The lowest BCUT2D eigenvalue weighted by Gasteiger charge is -2.03. The molecular formula is C11H12FNO2. The van der Waals surface area contributed by atoms with Crippen molar-refractivity contribution in [3.63, 3.8) is 0 Å². The molecule has 0 unspecified atom stereocenters. The van der Waals surface area contributed by atoms with E-state index in [0.717, 1.165) is 0 Å². The van der Waals surface area contributed by atoms with Gasteiger partial charge in [-0.2, -0.15) is 0 Å². The van der Waals surface area contributed by atoms with E-state index in [0.29, 0.717) is 30.0 Å². The second kappa shape index (κ2) is 5.24. The molecule has 0 amide bonds. The predicted octanol–water partition coefficient (Wildman–Crippen LogP) is 2.75. The third kappa shape index (κ3) is 3.16. The van der Waals surface area contributed by atoms with Crippen LogP contribution in [-0.4, -0.2) is 12.4 Å². The van der Waals surface area contributed by atoms with Gasteiger partial charge in [0.1, 0.15) is 5.82 Å². The van der Waals surface area contributed by atoms with E-state index in [2.05, 4.69) is 9.73 Å². The van der Waals surface area contributed by atoms with Gasteiger partial charge in [-0.15, -0.1) is 0 Å². The van der Waals surface area contributed by atoms with Crippen LogP contribution in [0.3, 0.4) is 0 Å². The molecule has 0 saturated carbocycles. The lowest BCUT2D eigenvalue weighted by atomic mass is 10.2. The van der Waals surface area contributed by atoms with E-state index in [-0.39, 0.29) is 5.82 Å². The molecule has 0 fully saturated rings. The second-order valence-corrected chi connectivity index (χ2v) is 3.00. The highest BCUT2D eigenvalue weighted by Gasteiger charge is 2.01. The monoisotopic (exact) mass is 209 g/mol. The van der Waals surface area contributed by atoms with E-state index >= 15 is 0 Å². The summed E-state index contributed by atoms with van der Waals surface area (Å²) in [5.74, 6) is 0.0144. The van der Waals surface area contributed by atoms with Gasteiger partial charge in [-0.25, -0.2) is 9.38 Å². The smallest absolute Gasteiger partial charge is 0.299 e. The standard InChI is InChI=1S/C11H12FNO2/c1-3-11(15-7-14)13-10-5-4-9(12)6-8(10)2/h4-7H,3H2,1-2H3. The van der Waals surface area contributed by atoms with Crippen molar-refractivity contribution in [2.75, 3.05) is 0 Å². The molecule has 3 nitrogen and oxygen atoms in total. The molecule has 0 spiro atoms. The van der Waals surface area contributed by atoms with Crippen molar-refractivity contribution in [3.05, 3.63) is 29.6 Å². The van der Waals surface area contributed by atoms with Crippen molar-refractivity contribution >= 4 is 18.1 Å². The summed E-state index contributed by atoms with van der Waals surface area (Å²) >= 11 is 0. The summed E-state index contributed by atoms with van der Waals surface area (Å²) in [5.41, 5.74) is 1.31. The van der Waals surface area contributed by atoms with E-state index in [1.165, 1.54) is 12.1 Å². The summed E-state index contributed by atoms with van der Waals surface area (Å²) in [4.78, 5) is 14.2. The molecule has 0 heterocycles. The summed E-state index contributed by atoms with van der Waals surface area (Å²) in [6.07, 6.45) is 0.509. The summed E-state index contributed by atoms with van der Waals surface area (Å²) in [6, 6.07) is 4.25. The van der Waals surface area contributed by atoms with E-state index in [1.54, 1.807) is 13.0 Å². The molecular weight excluding hydrogens is 197 g/mol. The van der Waals surface area contributed by atoms with E-state index < -0.39 is 0 Å². The first-order valence-electron chi connectivity index (χ1n) is 4.61. The minimum Gasteiger partial charge on any atom is -0.414 e. The van der Waals surface area contributed by atoms with Crippen molar-refractivity contribution in [3.8, 4) is 0 Å². The van der Waals surface area contributed by atoms with Gasteiger partial charge in [-0.1, -0.05) is 6.92 Å². The fourth-order valence-electron chi connectivity index (χ4n) is 1.12. The summed E-state index contributed by atoms with van der Waals surface area (Å²) in [7, 11) is 0. The van der Waals surface area contributed by atoms with Crippen LogP contribution < -0.4 is 0 Å². The maximum atomic E-state index is 12.8. The highest BCUT2D eigenvalue weighted by molar-refractivity contribution is 5.84. The molecule has 0 aromatic heterocycles. The van der Waals surface area contributed by atoms with Crippen LogP contribution in [0.25, 0.3) is 0 Å². The molecule has 0 bridgehead atoms. The van der Waals surface area contributed by atoms with Gasteiger partial charge in [0, 0.05) is 6.42 Å². The maximum absolute atomic E-state index is 12.8. The number of nitrogens with zero attached hydrogens (tertiary/aromatic N) is 1. The van der Waals surface area contributed by atoms with Crippen LogP contribution in [0.1, 0.15) is 18.9 Å². The van der Waals surface area contributed by atoms with Crippen LogP contribution >= 0.6 is 0 Å². The van der Waals surface area contributed by atoms with Crippen LogP contribution in [0.4, 0.5) is 10.1 Å². The first-order valence-corrected chi connectivity index (χ1v) is 4.61. The third-order valence-corrected chi connectivity index (χ3v) is 1.89. The van der Waals surface area contributed by atoms with Crippen LogP contribution in [-0.2, 0) is 9.53 Å². The van der Waals surface area contributed by atoms with E-state index in [4.69, 9.17) is 0 Å². The Morgan fingerprint density at radius 3 is 2.87 bits per heavy atom. The predicted molar refractivity (Wildman–Crippen MR) is 55.7 cm³/mol. The zero-order valence-corrected chi connectivity index (χ0v) is 8.66. The number of hydrogen-bond acceptors (Lipinski definition) is 3. The Morgan fingerprint density at radius 2 is 2.33 bits per heavy atom. The van der Waals surface area contributed by atoms with Gasteiger partial charge in [-0.05, 0) is 30.7 Å². The van der Waals surface area contributed by atoms with Crippen molar-refractivity contribution in [1.82, 2.24) is 0 Å². The Bertz CT molecular complexity index is 388. The molecule has 1 aromatic rings. The van der Waals surface area contributed by atoms with Gasteiger partial charge >= 0.3 is 0 Å². The van der Waals surface area contributed by atoms with Gasteiger partial charge in [0.2, 0.25) is 0 Å². The summed E-state index contributed by atoms with van der Waals surface area (Å²) in [5, 5.41) is 0. The molecule has 1 rings (SSSR count). The second-order valence-electron chi connectivity index (χ2n) is 3.00. The molecule has 0 saturated heterocycles. The molecule has 15 heavy (non-hydrogen) atoms. The van der Waals surface area contributed by atoms with Gasteiger partial charge < -0.3 is 4.74 Å². The number of aliphatic imine (C=N–C) groups is 1. The Labute approximate surface area is 87.6 Å². The largest absolute Gasteiger partial charge is 0.414 e. The fourth-order valence-corrected chi connectivity index (χ4v) is 1.12. The highest BCUT2D eigenvalue weighted by Crippen LogP contribution is 2.19. The maximum Gasteiger partial charge on any atom is 0.299 e. The number of rotatable bonds is 3. The normalized spacial score (nSPS) is 11.3. The number of benzene rings is 1. The molecule has 0 aliphatic rings. The highest BCUT2D eigenvalue weighted by atomic mass is 19.1. The van der Waals surface area contributed by atoms with Crippen molar-refractivity contribution in [1.29, 1.82) is 0 Å². The zero-order chi connectivity index (χ0) is 11.3. The molecule has 0 atom stereocenters. The molecule has 1 aromatic carbocycles. The Kier molecular flexibility index (Phi) is 3.97. The van der Waals surface area contributed by atoms with E-state index in [9.17, 15) is 9.18 Å². The average Bonchev–Trinajstić information content (AvgIpc) is 2.21. The number of ether oxygens (including phenoxy) is 1. The number of carbonyl (C=O) groups is 1. The van der Waals surface area contributed by atoms with Crippen molar-refractivity contribution < 1.29 is 13.9 Å². The Morgan fingerprint density at radius 1 is 1.60 bits per heavy atom. The Balaban J connectivity index is 3.00. The van der Waals surface area contributed by atoms with Crippen LogP contribution in [0.2, 0.25) is 0 Å². The topological polar surface area (TPSA) is 38.7 Å². The van der Waals surface area contributed by atoms with Crippen molar-refractivity contribution in [2.45, 2.75) is 20.3 Å². The van der Waals surface area contributed by atoms with Crippen LogP contribution in [0.5, 0.6) is 0 Å². The lowest BCUT2D eigenvalue weighted by molar-refractivity contribution is -0.121. The number of halogens is 1. The lowest BCUT2D eigenvalue weighted by Crippen LogP contribution is -2.00. The molecule has 80 valence electrons. The molecule has 4 heteroatoms. The first-order chi connectivity index (χ1) is 7.17. The number of carbonyl (C=O) groups excluding carboxylic acids is 1. The van der Waals surface area contributed by atoms with E-state index in [1.807, 2.05) is 6.92 Å². The molecule has 0 aliphatic heterocycles. The third-order valence-electron chi connectivity index (χ3n) is 1.89. The number of hydrogen-bond donors (Lipinski definition) is 0. The summed E-state index contributed by atoms with van der Waals surface area (Å²) < 4.78 is 17.4. The minimum atomic E-state index is -0.305. The Hall–Kier alpha value is -1.71.